The lowest BCUT2D eigenvalue weighted by molar-refractivity contribution is 0.0369. The van der Waals surface area contributed by atoms with Crippen LogP contribution in [0.4, 0.5) is 0 Å². The Morgan fingerprint density at radius 1 is 0.762 bits per heavy atom. The smallest absolute Gasteiger partial charge is 0.104 e. The minimum absolute atomic E-state index is 0.0972. The number of nitrogens with one attached hydrogen (secondary N) is 1. The second-order valence-corrected chi connectivity index (χ2v) is 37.8. The van der Waals surface area contributed by atoms with Gasteiger partial charge < -0.3 is 40.6 Å². The van der Waals surface area contributed by atoms with Crippen LogP contribution in [0, 0.1) is 0 Å². The fourth-order valence-corrected chi connectivity index (χ4v) is 18.1. The molecule has 1 aliphatic heterocycles. The summed E-state index contributed by atoms with van der Waals surface area (Å²) in [4.78, 5) is 0. The summed E-state index contributed by atoms with van der Waals surface area (Å²) in [5.41, 5.74) is 4.78. The molecule has 0 saturated carbocycles. The molecule has 42 heavy (non-hydrogen) atoms. The third-order valence-electron chi connectivity index (χ3n) is 7.20. The van der Waals surface area contributed by atoms with Crippen LogP contribution in [0.15, 0.2) is 0 Å². The zero-order valence-electron chi connectivity index (χ0n) is 29.5. The molecule has 0 aliphatic carbocycles. The third kappa shape index (κ3) is 36.7. The normalized spacial score (nSPS) is 16.3. The number of nitrogens with two attached hydrogens (primary N) is 1. The minimum Gasteiger partial charge on any atom is -0.395 e. The standard InChI is InChI=1S/C15H37NO3Si2.C13H30O2Si2.C2H7NO/c1-20(2,3)11-12-21(4,5)10-6-9-19-14-15(18)13-16-7-8-17;1-16(2,3)9-10-17(4,5)8-6-7-14-11-13-12-15-13;3-1-2-4/h15-18H,6-14H2,1-5H3;13H,6-12H2,1-5H3;4H,1-3H2. The van der Waals surface area contributed by atoms with Crippen LogP contribution in [0.2, 0.25) is 102 Å². The highest BCUT2D eigenvalue weighted by Gasteiger charge is 2.25. The minimum atomic E-state index is -1.06. The molecule has 0 aromatic rings. The van der Waals surface area contributed by atoms with Gasteiger partial charge in [0.2, 0.25) is 0 Å². The van der Waals surface area contributed by atoms with Crippen LogP contribution in [0.5, 0.6) is 0 Å². The average molecular weight is 671 g/mol. The molecule has 0 bridgehead atoms. The molecule has 1 aliphatic rings. The van der Waals surface area contributed by atoms with Crippen molar-refractivity contribution in [1.29, 1.82) is 0 Å². The quantitative estimate of drug-likeness (QED) is 0.0573. The maximum absolute atomic E-state index is 9.65. The third-order valence-corrected chi connectivity index (χ3v) is 18.3. The second kappa shape index (κ2) is 24.7. The summed E-state index contributed by atoms with van der Waals surface area (Å²) in [7, 11) is -3.76. The monoisotopic (exact) mass is 670 g/mol. The van der Waals surface area contributed by atoms with Crippen LogP contribution in [0.3, 0.4) is 0 Å². The van der Waals surface area contributed by atoms with Gasteiger partial charge in [-0.1, -0.05) is 102 Å². The van der Waals surface area contributed by atoms with Gasteiger partial charge in [-0.05, 0) is 12.8 Å². The lowest BCUT2D eigenvalue weighted by Crippen LogP contribution is -2.32. The molecule has 1 heterocycles. The van der Waals surface area contributed by atoms with Gasteiger partial charge in [-0.25, -0.2) is 0 Å². The Balaban J connectivity index is 0. The number of rotatable bonds is 23. The fraction of sp³-hybridized carbons (Fsp3) is 1.00. The van der Waals surface area contributed by atoms with E-state index in [9.17, 15) is 5.11 Å². The molecule has 12 heteroatoms. The zero-order chi connectivity index (χ0) is 32.7. The number of epoxide rings is 1. The van der Waals surface area contributed by atoms with Gasteiger partial charge in [-0.15, -0.1) is 0 Å². The summed E-state index contributed by atoms with van der Waals surface area (Å²) in [5, 5.41) is 29.0. The topological polar surface area (TPSA) is 130 Å². The van der Waals surface area contributed by atoms with Crippen molar-refractivity contribution in [3.63, 3.8) is 0 Å². The summed E-state index contributed by atoms with van der Waals surface area (Å²) < 4.78 is 16.3. The molecule has 0 amide bonds. The van der Waals surface area contributed by atoms with E-state index in [-0.39, 0.29) is 13.2 Å². The zero-order valence-corrected chi connectivity index (χ0v) is 33.5. The Morgan fingerprint density at radius 2 is 1.21 bits per heavy atom. The van der Waals surface area contributed by atoms with Gasteiger partial charge in [-0.2, -0.15) is 0 Å². The second-order valence-electron chi connectivity index (χ2n) is 15.9. The molecule has 1 rings (SSSR count). The van der Waals surface area contributed by atoms with Gasteiger partial charge in [-0.3, -0.25) is 0 Å². The molecule has 2 atom stereocenters. The Hall–Kier alpha value is 0.548. The number of aliphatic hydroxyl groups is 3. The molecule has 0 aromatic heterocycles. The molecule has 0 spiro atoms. The molecule has 6 N–H and O–H groups in total. The van der Waals surface area contributed by atoms with E-state index in [1.165, 1.54) is 42.7 Å². The van der Waals surface area contributed by atoms with Gasteiger partial charge >= 0.3 is 0 Å². The first-order chi connectivity index (χ1) is 19.4. The van der Waals surface area contributed by atoms with Crippen molar-refractivity contribution >= 4 is 32.3 Å². The Kier molecular flexibility index (Phi) is 26.3. The highest BCUT2D eigenvalue weighted by molar-refractivity contribution is 6.82. The number of ether oxygens (including phenoxy) is 3. The van der Waals surface area contributed by atoms with Crippen LogP contribution >= 0.6 is 0 Å². The summed E-state index contributed by atoms with van der Waals surface area (Å²) in [6.07, 6.45) is 2.31. The van der Waals surface area contributed by atoms with Crippen molar-refractivity contribution in [2.75, 3.05) is 65.9 Å². The van der Waals surface area contributed by atoms with E-state index in [4.69, 9.17) is 30.2 Å². The van der Waals surface area contributed by atoms with Crippen LogP contribution in [0.1, 0.15) is 12.8 Å². The van der Waals surface area contributed by atoms with Crippen molar-refractivity contribution in [2.24, 2.45) is 5.73 Å². The molecular formula is C30H74N2O6Si4. The Labute approximate surface area is 264 Å². The van der Waals surface area contributed by atoms with Crippen molar-refractivity contribution in [3.8, 4) is 0 Å². The molecule has 1 saturated heterocycles. The van der Waals surface area contributed by atoms with Crippen LogP contribution in [-0.4, -0.2) is 126 Å². The molecule has 8 nitrogen and oxygen atoms in total. The highest BCUT2D eigenvalue weighted by Crippen LogP contribution is 2.25. The first-order valence-electron chi connectivity index (χ1n) is 16.4. The number of aliphatic hydroxyl groups excluding tert-OH is 3. The first-order valence-corrected chi connectivity index (χ1v) is 30.7. The maximum atomic E-state index is 9.65. The maximum Gasteiger partial charge on any atom is 0.104 e. The van der Waals surface area contributed by atoms with Crippen LogP contribution in [0.25, 0.3) is 0 Å². The first kappa shape index (κ1) is 44.7. The van der Waals surface area contributed by atoms with Gasteiger partial charge in [0.25, 0.3) is 0 Å². The van der Waals surface area contributed by atoms with Gasteiger partial charge in [0.05, 0.1) is 39.1 Å². The summed E-state index contributed by atoms with van der Waals surface area (Å²) in [6.45, 7) is 30.2. The van der Waals surface area contributed by atoms with E-state index in [0.717, 1.165) is 32.8 Å². The number of hydrogen-bond acceptors (Lipinski definition) is 8. The largest absolute Gasteiger partial charge is 0.395 e. The molecule has 0 aromatic carbocycles. The average Bonchev–Trinajstić information content (AvgIpc) is 3.70. The predicted octanol–water partition coefficient (Wildman–Crippen LogP) is 5.16. The Bertz CT molecular complexity index is 614. The van der Waals surface area contributed by atoms with Crippen molar-refractivity contribution in [3.05, 3.63) is 0 Å². The predicted molar refractivity (Wildman–Crippen MR) is 193 cm³/mol. The molecular weight excluding hydrogens is 597 g/mol. The summed E-state index contributed by atoms with van der Waals surface area (Å²) >= 11 is 0. The van der Waals surface area contributed by atoms with E-state index in [1.807, 2.05) is 0 Å². The molecule has 2 unspecified atom stereocenters. The van der Waals surface area contributed by atoms with Crippen LogP contribution < -0.4 is 11.1 Å². The molecule has 0 radical (unpaired) electrons. The SMILES string of the molecule is C[Si](C)(C)CC[Si](C)(C)CCCOCC(O)CNCCO.C[Si](C)(C)CC[Si](C)(C)CCCOCC1CO1.NCCO. The van der Waals surface area contributed by atoms with E-state index >= 15 is 0 Å². The van der Waals surface area contributed by atoms with Crippen molar-refractivity contribution in [2.45, 2.75) is 127 Å². The van der Waals surface area contributed by atoms with E-state index in [2.05, 4.69) is 70.8 Å². The van der Waals surface area contributed by atoms with Crippen molar-refractivity contribution in [1.82, 2.24) is 5.32 Å². The van der Waals surface area contributed by atoms with Crippen molar-refractivity contribution < 1.29 is 29.5 Å². The van der Waals surface area contributed by atoms with E-state index < -0.39 is 38.4 Å². The highest BCUT2D eigenvalue weighted by atomic mass is 28.3. The lowest BCUT2D eigenvalue weighted by atomic mass is 10.4. The summed E-state index contributed by atoms with van der Waals surface area (Å²) in [6, 6.07) is 8.63. The number of hydrogen-bond donors (Lipinski definition) is 5. The summed E-state index contributed by atoms with van der Waals surface area (Å²) in [5.74, 6) is 0. The molecule has 1 fully saturated rings. The van der Waals surface area contributed by atoms with E-state index in [1.54, 1.807) is 0 Å². The van der Waals surface area contributed by atoms with Crippen LogP contribution in [-0.2, 0) is 14.2 Å². The lowest BCUT2D eigenvalue weighted by Gasteiger charge is -2.26. The Morgan fingerprint density at radius 3 is 1.60 bits per heavy atom. The van der Waals surface area contributed by atoms with E-state index in [0.29, 0.717) is 32.3 Å². The van der Waals surface area contributed by atoms with Gasteiger partial charge in [0.1, 0.15) is 6.10 Å². The van der Waals surface area contributed by atoms with Gasteiger partial charge in [0, 0.05) is 65.1 Å². The molecule has 256 valence electrons. The van der Waals surface area contributed by atoms with Gasteiger partial charge in [0.15, 0.2) is 0 Å². The fourth-order valence-electron chi connectivity index (χ4n) is 3.99.